The Labute approximate surface area is 258 Å². The highest BCUT2D eigenvalue weighted by atomic mass is 35.5. The van der Waals surface area contributed by atoms with E-state index in [-0.39, 0.29) is 18.8 Å². The second kappa shape index (κ2) is 13.3. The lowest BCUT2D eigenvalue weighted by Gasteiger charge is -2.24. The third-order valence-electron chi connectivity index (χ3n) is 6.85. The largest absolute Gasteiger partial charge is 0.494 e. The minimum atomic E-state index is -0.705. The van der Waals surface area contributed by atoms with Gasteiger partial charge in [0, 0.05) is 10.6 Å². The molecule has 1 atom stereocenters. The van der Waals surface area contributed by atoms with Gasteiger partial charge < -0.3 is 18.9 Å². The van der Waals surface area contributed by atoms with Crippen LogP contribution >= 0.6 is 22.9 Å². The Balaban J connectivity index is 1.54. The van der Waals surface area contributed by atoms with Crippen molar-refractivity contribution >= 4 is 35.0 Å². The monoisotopic (exact) mass is 618 g/mol. The summed E-state index contributed by atoms with van der Waals surface area (Å²) in [5.74, 6) is 1.26. The Morgan fingerprint density at radius 3 is 2.49 bits per heavy atom. The molecule has 0 fully saturated rings. The fourth-order valence-electron chi connectivity index (χ4n) is 4.84. The second-order valence-electron chi connectivity index (χ2n) is 9.59. The van der Waals surface area contributed by atoms with Crippen LogP contribution in [0, 0.1) is 0 Å². The normalized spacial score (nSPS) is 14.6. The Morgan fingerprint density at radius 2 is 1.79 bits per heavy atom. The smallest absolute Gasteiger partial charge is 0.338 e. The summed E-state index contributed by atoms with van der Waals surface area (Å²) in [5, 5.41) is 0.623. The third-order valence-corrected chi connectivity index (χ3v) is 8.20. The number of ether oxygens (including phenoxy) is 4. The van der Waals surface area contributed by atoms with Crippen LogP contribution in [0.5, 0.6) is 17.2 Å². The number of carbonyl (C=O) groups excluding carboxylic acids is 1. The summed E-state index contributed by atoms with van der Waals surface area (Å²) in [5.41, 5.74) is 2.91. The topological polar surface area (TPSA) is 88.4 Å². The zero-order chi connectivity index (χ0) is 30.5. The van der Waals surface area contributed by atoms with Crippen LogP contribution in [0.15, 0.2) is 87.8 Å². The molecule has 0 unspecified atom stereocenters. The molecule has 0 radical (unpaired) electrons. The summed E-state index contributed by atoms with van der Waals surface area (Å²) >= 11 is 7.52. The van der Waals surface area contributed by atoms with Gasteiger partial charge in [-0.25, -0.2) is 9.79 Å². The van der Waals surface area contributed by atoms with Crippen LogP contribution in [0.25, 0.3) is 6.08 Å². The molecule has 0 bridgehead atoms. The minimum Gasteiger partial charge on any atom is -0.494 e. The molecule has 222 valence electrons. The van der Waals surface area contributed by atoms with Crippen molar-refractivity contribution < 1.29 is 23.7 Å². The van der Waals surface area contributed by atoms with E-state index in [1.54, 1.807) is 43.7 Å². The summed E-state index contributed by atoms with van der Waals surface area (Å²) in [6.07, 6.45) is 1.78. The van der Waals surface area contributed by atoms with Crippen LogP contribution in [0.3, 0.4) is 0 Å². The number of rotatable bonds is 10. The molecule has 4 aromatic rings. The minimum absolute atomic E-state index is 0.204. The van der Waals surface area contributed by atoms with E-state index in [9.17, 15) is 9.59 Å². The summed E-state index contributed by atoms with van der Waals surface area (Å²) < 4.78 is 24.6. The molecule has 0 N–H and O–H groups in total. The summed E-state index contributed by atoms with van der Waals surface area (Å²) in [4.78, 5) is 32.2. The van der Waals surface area contributed by atoms with E-state index in [1.165, 1.54) is 11.3 Å². The maximum Gasteiger partial charge on any atom is 0.338 e. The number of thiazole rings is 1. The Bertz CT molecular complexity index is 1860. The van der Waals surface area contributed by atoms with Crippen molar-refractivity contribution in [3.63, 3.8) is 0 Å². The van der Waals surface area contributed by atoms with Gasteiger partial charge in [-0.05, 0) is 68.3 Å². The highest BCUT2D eigenvalue weighted by Gasteiger charge is 2.33. The van der Waals surface area contributed by atoms with Crippen LogP contribution in [0.1, 0.15) is 43.5 Å². The quantitative estimate of drug-likeness (QED) is 0.220. The molecule has 2 heterocycles. The molecular weight excluding hydrogens is 588 g/mol. The summed E-state index contributed by atoms with van der Waals surface area (Å²) in [7, 11) is 1.56. The molecule has 0 spiro atoms. The van der Waals surface area contributed by atoms with E-state index >= 15 is 0 Å². The molecule has 0 aliphatic carbocycles. The number of nitrogens with zero attached hydrogens (tertiary/aromatic N) is 2. The van der Waals surface area contributed by atoms with Crippen LogP contribution in [0.4, 0.5) is 0 Å². The van der Waals surface area contributed by atoms with E-state index in [0.717, 1.165) is 16.7 Å². The second-order valence-corrected chi connectivity index (χ2v) is 11.0. The highest BCUT2D eigenvalue weighted by Crippen LogP contribution is 2.32. The van der Waals surface area contributed by atoms with E-state index < -0.39 is 12.0 Å². The van der Waals surface area contributed by atoms with Gasteiger partial charge >= 0.3 is 5.97 Å². The fourth-order valence-corrected chi connectivity index (χ4v) is 6.07. The lowest BCUT2D eigenvalue weighted by atomic mass is 9.96. The summed E-state index contributed by atoms with van der Waals surface area (Å²) in [6, 6.07) is 19.6. The number of fused-ring (bicyclic) bond motifs is 1. The standard InChI is InChI=1S/C33H31ClN2O6S/c1-5-40-24-14-12-22(13-15-24)30-29(32(38)41-6-2)20(3)35-33-36(30)31(37)28(43-33)18-21-11-16-26(27(17-21)39-4)42-19-23-9-7-8-10-25(23)34/h7-18,30H,5-6,19H2,1-4H3/t30-/m0/s1. The fraction of sp³-hybridized carbons (Fsp3) is 0.242. The average Bonchev–Trinajstić information content (AvgIpc) is 3.30. The van der Waals surface area contributed by atoms with Crippen molar-refractivity contribution in [2.24, 2.45) is 4.99 Å². The number of halogens is 1. The molecule has 0 saturated heterocycles. The first-order valence-corrected chi connectivity index (χ1v) is 15.0. The highest BCUT2D eigenvalue weighted by molar-refractivity contribution is 7.07. The molecule has 1 aliphatic heterocycles. The number of allylic oxidation sites excluding steroid dienone is 1. The lowest BCUT2D eigenvalue weighted by molar-refractivity contribution is -0.139. The lowest BCUT2D eigenvalue weighted by Crippen LogP contribution is -2.39. The van der Waals surface area contributed by atoms with Crippen molar-refractivity contribution in [3.8, 4) is 17.2 Å². The third kappa shape index (κ3) is 6.38. The molecule has 1 aromatic heterocycles. The van der Waals surface area contributed by atoms with Gasteiger partial charge in [0.25, 0.3) is 5.56 Å². The van der Waals surface area contributed by atoms with Crippen molar-refractivity contribution in [3.05, 3.63) is 119 Å². The van der Waals surface area contributed by atoms with Crippen molar-refractivity contribution in [2.45, 2.75) is 33.4 Å². The zero-order valence-electron chi connectivity index (χ0n) is 24.3. The van der Waals surface area contributed by atoms with Gasteiger partial charge in [-0.3, -0.25) is 9.36 Å². The Kier molecular flexibility index (Phi) is 9.33. The van der Waals surface area contributed by atoms with Crippen LogP contribution in [-0.4, -0.2) is 30.9 Å². The SMILES string of the molecule is CCOC(=O)C1=C(C)N=c2sc(=Cc3ccc(OCc4ccccc4Cl)c(OC)c3)c(=O)n2[C@H]1c1ccc(OCC)cc1. The molecular formula is C33H31ClN2O6S. The molecule has 43 heavy (non-hydrogen) atoms. The van der Waals surface area contributed by atoms with Gasteiger partial charge in [0.2, 0.25) is 0 Å². The number of carbonyl (C=O) groups is 1. The summed E-state index contributed by atoms with van der Waals surface area (Å²) in [6.45, 7) is 6.43. The molecule has 8 nitrogen and oxygen atoms in total. The van der Waals surface area contributed by atoms with Crippen LogP contribution in [0.2, 0.25) is 5.02 Å². The first-order valence-electron chi connectivity index (χ1n) is 13.8. The van der Waals surface area contributed by atoms with Gasteiger partial charge in [-0.1, -0.05) is 59.3 Å². The zero-order valence-corrected chi connectivity index (χ0v) is 25.8. The molecule has 5 rings (SSSR count). The number of hydrogen-bond acceptors (Lipinski definition) is 8. The van der Waals surface area contributed by atoms with Crippen molar-refractivity contribution in [2.75, 3.05) is 20.3 Å². The molecule has 0 saturated carbocycles. The Hall–Kier alpha value is -4.34. The average molecular weight is 619 g/mol. The van der Waals surface area contributed by atoms with Gasteiger partial charge in [0.1, 0.15) is 12.4 Å². The first kappa shape index (κ1) is 30.1. The molecule has 10 heteroatoms. The Morgan fingerprint density at radius 1 is 1.02 bits per heavy atom. The maximum absolute atomic E-state index is 13.9. The maximum atomic E-state index is 13.9. The van der Waals surface area contributed by atoms with Crippen LogP contribution < -0.4 is 29.1 Å². The number of aromatic nitrogens is 1. The van der Waals surface area contributed by atoms with Gasteiger partial charge in [0.15, 0.2) is 16.3 Å². The first-order chi connectivity index (χ1) is 20.8. The van der Waals surface area contributed by atoms with Crippen LogP contribution in [-0.2, 0) is 16.1 Å². The van der Waals surface area contributed by atoms with Gasteiger partial charge in [-0.15, -0.1) is 0 Å². The predicted octanol–water partition coefficient (Wildman–Crippen LogP) is 5.44. The van der Waals surface area contributed by atoms with Crippen molar-refractivity contribution in [1.82, 2.24) is 4.57 Å². The number of esters is 1. The van der Waals surface area contributed by atoms with E-state index in [0.29, 0.717) is 49.5 Å². The number of benzene rings is 3. The van der Waals surface area contributed by atoms with E-state index in [4.69, 9.17) is 30.5 Å². The predicted molar refractivity (Wildman–Crippen MR) is 167 cm³/mol. The van der Waals surface area contributed by atoms with Gasteiger partial charge in [-0.2, -0.15) is 0 Å². The molecule has 0 amide bonds. The van der Waals surface area contributed by atoms with Gasteiger partial charge in [0.05, 0.1) is 42.2 Å². The van der Waals surface area contributed by atoms with E-state index in [1.807, 2.05) is 61.5 Å². The van der Waals surface area contributed by atoms with E-state index in [2.05, 4.69) is 4.99 Å². The number of hydrogen-bond donors (Lipinski definition) is 0. The molecule has 3 aromatic carbocycles. The van der Waals surface area contributed by atoms with Crippen molar-refractivity contribution in [1.29, 1.82) is 0 Å². The number of methoxy groups -OCH3 is 1. The molecule has 1 aliphatic rings.